The van der Waals surface area contributed by atoms with E-state index in [0.717, 1.165) is 0 Å². The molecule has 7 nitrogen and oxygen atoms in total. The van der Waals surface area contributed by atoms with Gasteiger partial charge in [-0.2, -0.15) is 0 Å². The molecule has 0 aromatic carbocycles. The molecular weight excluding hydrogens is 196 g/mol. The van der Waals surface area contributed by atoms with E-state index in [1.807, 2.05) is 0 Å². The Balaban J connectivity index is 2.80. The lowest BCUT2D eigenvalue weighted by Crippen LogP contribution is -2.57. The molecule has 0 amide bonds. The van der Waals surface area contributed by atoms with E-state index in [1.165, 1.54) is 0 Å². The van der Waals surface area contributed by atoms with Crippen molar-refractivity contribution in [1.82, 2.24) is 0 Å². The van der Waals surface area contributed by atoms with Crippen LogP contribution in [-0.4, -0.2) is 61.3 Å². The van der Waals surface area contributed by atoms with Gasteiger partial charge in [0.1, 0.15) is 30.7 Å². The van der Waals surface area contributed by atoms with E-state index in [1.54, 1.807) is 0 Å². The SMILES string of the molecule is O/C=C(\O)[C@@H]1OC(O)[C@H](O)[C@@H](O)[C@@H]1O. The summed E-state index contributed by atoms with van der Waals surface area (Å²) < 4.78 is 4.55. The number of aliphatic hydroxyl groups excluding tert-OH is 6. The fraction of sp³-hybridized carbons (Fsp3) is 0.714. The van der Waals surface area contributed by atoms with E-state index in [-0.39, 0.29) is 6.26 Å². The number of ether oxygens (including phenoxy) is 1. The van der Waals surface area contributed by atoms with E-state index in [4.69, 9.17) is 20.4 Å². The third-order valence-electron chi connectivity index (χ3n) is 2.01. The second-order valence-electron chi connectivity index (χ2n) is 2.97. The molecule has 0 radical (unpaired) electrons. The lowest BCUT2D eigenvalue weighted by Gasteiger charge is -2.37. The summed E-state index contributed by atoms with van der Waals surface area (Å²) in [5, 5.41) is 53.9. The summed E-state index contributed by atoms with van der Waals surface area (Å²) in [5.41, 5.74) is 0. The maximum Gasteiger partial charge on any atom is 0.184 e. The zero-order chi connectivity index (χ0) is 10.9. The summed E-state index contributed by atoms with van der Waals surface area (Å²) in [6.07, 6.45) is -7.88. The van der Waals surface area contributed by atoms with Gasteiger partial charge in [0.2, 0.25) is 0 Å². The van der Waals surface area contributed by atoms with Crippen molar-refractivity contribution in [2.45, 2.75) is 30.7 Å². The zero-order valence-electron chi connectivity index (χ0n) is 7.06. The van der Waals surface area contributed by atoms with Crippen molar-refractivity contribution in [2.24, 2.45) is 0 Å². The fourth-order valence-corrected chi connectivity index (χ4v) is 1.18. The number of hydrogen-bond acceptors (Lipinski definition) is 7. The Morgan fingerprint density at radius 2 is 1.57 bits per heavy atom. The van der Waals surface area contributed by atoms with Crippen molar-refractivity contribution in [3.63, 3.8) is 0 Å². The van der Waals surface area contributed by atoms with E-state index < -0.39 is 36.5 Å². The number of rotatable bonds is 1. The minimum atomic E-state index is -1.74. The number of hydrogen-bond donors (Lipinski definition) is 6. The lowest BCUT2D eigenvalue weighted by molar-refractivity contribution is -0.278. The summed E-state index contributed by atoms with van der Waals surface area (Å²) >= 11 is 0. The monoisotopic (exact) mass is 208 g/mol. The van der Waals surface area contributed by atoms with E-state index in [0.29, 0.717) is 0 Å². The number of aliphatic hydroxyl groups is 6. The first-order chi connectivity index (χ1) is 6.49. The molecule has 1 saturated heterocycles. The van der Waals surface area contributed by atoms with Crippen molar-refractivity contribution in [3.05, 3.63) is 12.0 Å². The van der Waals surface area contributed by atoms with Gasteiger partial charge in [0.05, 0.1) is 0 Å². The van der Waals surface area contributed by atoms with Crippen molar-refractivity contribution in [3.8, 4) is 0 Å². The highest BCUT2D eigenvalue weighted by molar-refractivity contribution is 5.03. The molecule has 1 aliphatic rings. The van der Waals surface area contributed by atoms with Gasteiger partial charge in [-0.1, -0.05) is 0 Å². The van der Waals surface area contributed by atoms with Gasteiger partial charge in [0, 0.05) is 0 Å². The average molecular weight is 208 g/mol. The van der Waals surface area contributed by atoms with Gasteiger partial charge in [-0.25, -0.2) is 0 Å². The van der Waals surface area contributed by atoms with Crippen molar-refractivity contribution in [2.75, 3.05) is 0 Å². The first-order valence-corrected chi connectivity index (χ1v) is 3.90. The van der Waals surface area contributed by atoms with Gasteiger partial charge in [-0.15, -0.1) is 0 Å². The zero-order valence-corrected chi connectivity index (χ0v) is 7.06. The van der Waals surface area contributed by atoms with Crippen LogP contribution >= 0.6 is 0 Å². The molecular formula is C7H12O7. The quantitative estimate of drug-likeness (QED) is 0.268. The Bertz CT molecular complexity index is 228. The smallest absolute Gasteiger partial charge is 0.184 e. The van der Waals surface area contributed by atoms with Crippen LogP contribution in [0.3, 0.4) is 0 Å². The van der Waals surface area contributed by atoms with Crippen LogP contribution in [0.4, 0.5) is 0 Å². The molecule has 0 saturated carbocycles. The predicted octanol–water partition coefficient (Wildman–Crippen LogP) is -2.26. The van der Waals surface area contributed by atoms with Gasteiger partial charge in [-0.05, 0) is 0 Å². The molecule has 1 fully saturated rings. The highest BCUT2D eigenvalue weighted by atomic mass is 16.6. The Morgan fingerprint density at radius 1 is 1.00 bits per heavy atom. The standard InChI is InChI=1S/C7H12O7/c8-1-2(9)6-4(11)3(10)5(12)7(13)14-6/h1,3-13H/b2-1-/t3-,4-,5+,6-,7?/m0/s1. The maximum atomic E-state index is 9.27. The molecule has 7 heteroatoms. The molecule has 0 bridgehead atoms. The average Bonchev–Trinajstić information content (AvgIpc) is 2.19. The normalized spacial score (nSPS) is 45.1. The fourth-order valence-electron chi connectivity index (χ4n) is 1.18. The second-order valence-corrected chi connectivity index (χ2v) is 2.97. The molecule has 1 rings (SSSR count). The van der Waals surface area contributed by atoms with Crippen LogP contribution in [0.5, 0.6) is 0 Å². The largest absolute Gasteiger partial charge is 0.512 e. The highest BCUT2D eigenvalue weighted by Crippen LogP contribution is 2.23. The minimum Gasteiger partial charge on any atom is -0.512 e. The van der Waals surface area contributed by atoms with Gasteiger partial charge in [0.25, 0.3) is 0 Å². The molecule has 82 valence electrons. The van der Waals surface area contributed by atoms with Crippen LogP contribution in [-0.2, 0) is 4.74 Å². The molecule has 14 heavy (non-hydrogen) atoms. The molecule has 0 spiro atoms. The summed E-state index contributed by atoms with van der Waals surface area (Å²) in [6, 6.07) is 0. The van der Waals surface area contributed by atoms with Crippen molar-refractivity contribution >= 4 is 0 Å². The van der Waals surface area contributed by atoms with Crippen LogP contribution in [0.15, 0.2) is 12.0 Å². The summed E-state index contributed by atoms with van der Waals surface area (Å²) in [7, 11) is 0. The van der Waals surface area contributed by atoms with Crippen LogP contribution in [0.2, 0.25) is 0 Å². The highest BCUT2D eigenvalue weighted by Gasteiger charge is 2.44. The van der Waals surface area contributed by atoms with Gasteiger partial charge < -0.3 is 35.4 Å². The Labute approximate surface area is 79.1 Å². The minimum absolute atomic E-state index is 0.269. The molecule has 6 N–H and O–H groups in total. The molecule has 1 heterocycles. The summed E-state index contributed by atoms with van der Waals surface area (Å²) in [5.74, 6) is -0.748. The summed E-state index contributed by atoms with van der Waals surface area (Å²) in [6.45, 7) is 0. The first-order valence-electron chi connectivity index (χ1n) is 3.90. The van der Waals surface area contributed by atoms with Crippen LogP contribution < -0.4 is 0 Å². The molecule has 5 atom stereocenters. The third kappa shape index (κ3) is 1.81. The molecule has 0 aliphatic carbocycles. The molecule has 1 aliphatic heterocycles. The topological polar surface area (TPSA) is 131 Å². The van der Waals surface area contributed by atoms with Gasteiger partial charge in [0.15, 0.2) is 12.0 Å². The van der Waals surface area contributed by atoms with Crippen molar-refractivity contribution in [1.29, 1.82) is 0 Å². The predicted molar refractivity (Wildman–Crippen MR) is 42.2 cm³/mol. The molecule has 0 aromatic heterocycles. The maximum absolute atomic E-state index is 9.27. The van der Waals surface area contributed by atoms with Crippen LogP contribution in [0.1, 0.15) is 0 Å². The molecule has 1 unspecified atom stereocenters. The van der Waals surface area contributed by atoms with E-state index in [9.17, 15) is 10.2 Å². The third-order valence-corrected chi connectivity index (χ3v) is 2.01. The Hall–Kier alpha value is -0.860. The summed E-state index contributed by atoms with van der Waals surface area (Å²) in [4.78, 5) is 0. The van der Waals surface area contributed by atoms with Gasteiger partial charge >= 0.3 is 0 Å². The van der Waals surface area contributed by atoms with E-state index in [2.05, 4.69) is 4.74 Å². The molecule has 0 aromatic rings. The van der Waals surface area contributed by atoms with E-state index >= 15 is 0 Å². The van der Waals surface area contributed by atoms with Gasteiger partial charge in [-0.3, -0.25) is 0 Å². The lowest BCUT2D eigenvalue weighted by atomic mass is 9.98. The Kier molecular flexibility index (Phi) is 3.29. The van der Waals surface area contributed by atoms with Crippen LogP contribution in [0, 0.1) is 0 Å². The first kappa shape index (κ1) is 11.2. The Morgan fingerprint density at radius 3 is 2.07 bits per heavy atom. The second kappa shape index (κ2) is 4.11. The van der Waals surface area contributed by atoms with Crippen molar-refractivity contribution < 1.29 is 35.4 Å². The van der Waals surface area contributed by atoms with Crippen LogP contribution in [0.25, 0.3) is 0 Å².